The van der Waals surface area contributed by atoms with Gasteiger partial charge in [0.1, 0.15) is 5.82 Å². The van der Waals surface area contributed by atoms with Gasteiger partial charge in [0.25, 0.3) is 0 Å². The first kappa shape index (κ1) is 17.7. The number of hydrogen-bond donors (Lipinski definition) is 1. The maximum Gasteiger partial charge on any atom is 0.326 e. The summed E-state index contributed by atoms with van der Waals surface area (Å²) < 4.78 is 14.0. The first-order chi connectivity index (χ1) is 13.6. The molecular weight excluding hydrogens is 353 g/mol. The molecule has 0 atom stereocenters. The van der Waals surface area contributed by atoms with Crippen LogP contribution in [0.1, 0.15) is 36.8 Å². The van der Waals surface area contributed by atoms with Crippen LogP contribution in [0.5, 0.6) is 0 Å². The molecular formula is C23H26FN3O. The first-order valence-electron chi connectivity index (χ1n) is 10.2. The van der Waals surface area contributed by atoms with Crippen molar-refractivity contribution in [1.29, 1.82) is 0 Å². The Balaban J connectivity index is 1.43. The first-order valence-corrected chi connectivity index (χ1v) is 10.2. The third-order valence-corrected chi connectivity index (χ3v) is 6.65. The molecule has 2 amide bonds. The molecule has 2 heterocycles. The normalized spacial score (nSPS) is 21.0. The van der Waals surface area contributed by atoms with Gasteiger partial charge in [0.05, 0.1) is 5.69 Å². The molecule has 2 aliphatic heterocycles. The average Bonchev–Trinajstić information content (AvgIpc) is 3.49. The maximum atomic E-state index is 14.0. The van der Waals surface area contributed by atoms with Gasteiger partial charge in [-0.05, 0) is 69.5 Å². The van der Waals surface area contributed by atoms with Crippen LogP contribution in [-0.4, -0.2) is 36.6 Å². The minimum absolute atomic E-state index is 0.0132. The Morgan fingerprint density at radius 3 is 2.61 bits per heavy atom. The number of likely N-dealkylation sites (tertiary alicyclic amines) is 1. The number of urea groups is 1. The number of hydrogen-bond acceptors (Lipinski definition) is 2. The van der Waals surface area contributed by atoms with Crippen molar-refractivity contribution in [2.75, 3.05) is 29.9 Å². The van der Waals surface area contributed by atoms with Crippen LogP contribution in [0.3, 0.4) is 0 Å². The van der Waals surface area contributed by atoms with Crippen molar-refractivity contribution in [2.24, 2.45) is 0 Å². The van der Waals surface area contributed by atoms with E-state index >= 15 is 0 Å². The maximum absolute atomic E-state index is 14.0. The van der Waals surface area contributed by atoms with Crippen molar-refractivity contribution in [3.8, 4) is 0 Å². The summed E-state index contributed by atoms with van der Waals surface area (Å²) in [6, 6.07) is 13.2. The van der Waals surface area contributed by atoms with Crippen LogP contribution in [0.25, 0.3) is 0 Å². The molecule has 5 heteroatoms. The second-order valence-electron chi connectivity index (χ2n) is 8.56. The number of piperidine rings is 1. The average molecular weight is 379 g/mol. The lowest BCUT2D eigenvalue weighted by Crippen LogP contribution is -2.47. The minimum atomic E-state index is -0.411. The fraction of sp³-hybridized carbons (Fsp3) is 0.435. The number of rotatable bonds is 2. The quantitative estimate of drug-likeness (QED) is 0.822. The van der Waals surface area contributed by atoms with Crippen molar-refractivity contribution in [3.63, 3.8) is 0 Å². The zero-order valence-corrected chi connectivity index (χ0v) is 16.2. The third kappa shape index (κ3) is 2.98. The fourth-order valence-corrected chi connectivity index (χ4v) is 4.89. The highest BCUT2D eigenvalue weighted by Gasteiger charge is 2.47. The smallest absolute Gasteiger partial charge is 0.305 e. The second kappa shape index (κ2) is 6.59. The van der Waals surface area contributed by atoms with Gasteiger partial charge in [0.2, 0.25) is 0 Å². The molecule has 2 aromatic rings. The number of anilines is 2. The molecule has 2 aromatic carbocycles. The number of nitrogens with one attached hydrogen (secondary N) is 1. The second-order valence-corrected chi connectivity index (χ2v) is 8.56. The molecule has 28 heavy (non-hydrogen) atoms. The van der Waals surface area contributed by atoms with Gasteiger partial charge in [-0.2, -0.15) is 0 Å². The van der Waals surface area contributed by atoms with Crippen molar-refractivity contribution < 1.29 is 9.18 Å². The van der Waals surface area contributed by atoms with Gasteiger partial charge in [-0.25, -0.2) is 9.18 Å². The standard InChI is InChI=1S/C23H26FN3O/c1-16-6-9-21-18(14-16)23(10-12-26(13-11-23)17-7-8-17)15-27(21)22(28)25-20-5-3-2-4-19(20)24/h2-6,9,14,17H,7-8,10-13,15H2,1H3,(H,25,28). The summed E-state index contributed by atoms with van der Waals surface area (Å²) in [6.45, 7) is 4.97. The van der Waals surface area contributed by atoms with Crippen LogP contribution in [0.2, 0.25) is 0 Å². The van der Waals surface area contributed by atoms with Crippen LogP contribution < -0.4 is 10.2 Å². The number of nitrogens with zero attached hydrogens (tertiary/aromatic N) is 2. The van der Waals surface area contributed by atoms with E-state index in [1.54, 1.807) is 18.2 Å². The van der Waals surface area contributed by atoms with Gasteiger partial charge >= 0.3 is 6.03 Å². The van der Waals surface area contributed by atoms with Crippen LogP contribution in [0.15, 0.2) is 42.5 Å². The zero-order valence-electron chi connectivity index (χ0n) is 16.2. The minimum Gasteiger partial charge on any atom is -0.305 e. The summed E-state index contributed by atoms with van der Waals surface area (Å²) in [5.41, 5.74) is 3.72. The van der Waals surface area contributed by atoms with E-state index in [1.165, 1.54) is 30.0 Å². The molecule has 3 aliphatic rings. The van der Waals surface area contributed by atoms with Gasteiger partial charge < -0.3 is 10.2 Å². The summed E-state index contributed by atoms with van der Waals surface area (Å²) in [7, 11) is 0. The molecule has 1 aliphatic carbocycles. The van der Waals surface area contributed by atoms with Crippen LogP contribution >= 0.6 is 0 Å². The van der Waals surface area contributed by atoms with E-state index in [1.807, 2.05) is 11.0 Å². The predicted molar refractivity (Wildman–Crippen MR) is 109 cm³/mol. The van der Waals surface area contributed by atoms with Crippen LogP contribution in [0, 0.1) is 12.7 Å². The van der Waals surface area contributed by atoms with Crippen molar-refractivity contribution in [2.45, 2.75) is 44.1 Å². The Labute approximate surface area is 165 Å². The third-order valence-electron chi connectivity index (χ3n) is 6.65. The fourth-order valence-electron chi connectivity index (χ4n) is 4.89. The molecule has 1 saturated carbocycles. The van der Waals surface area contributed by atoms with E-state index in [0.29, 0.717) is 6.54 Å². The number of fused-ring (bicyclic) bond motifs is 2. The highest BCUT2D eigenvalue weighted by Crippen LogP contribution is 2.48. The molecule has 1 N–H and O–H groups in total. The Kier molecular flexibility index (Phi) is 4.16. The number of carbonyl (C=O) groups excluding carboxylic acids is 1. The van der Waals surface area contributed by atoms with Crippen molar-refractivity contribution in [3.05, 3.63) is 59.4 Å². The van der Waals surface area contributed by atoms with Crippen LogP contribution in [0.4, 0.5) is 20.6 Å². The molecule has 0 aromatic heterocycles. The van der Waals surface area contributed by atoms with E-state index in [9.17, 15) is 9.18 Å². The number of aryl methyl sites for hydroxylation is 1. The molecule has 5 rings (SSSR count). The molecule has 1 spiro atoms. The van der Waals surface area contributed by atoms with E-state index in [0.717, 1.165) is 37.7 Å². The number of halogens is 1. The predicted octanol–water partition coefficient (Wildman–Crippen LogP) is 4.68. The Morgan fingerprint density at radius 1 is 1.14 bits per heavy atom. The Bertz CT molecular complexity index is 916. The summed E-state index contributed by atoms with van der Waals surface area (Å²) in [5, 5.41) is 2.77. The van der Waals surface area contributed by atoms with Gasteiger partial charge in [-0.15, -0.1) is 0 Å². The molecule has 0 unspecified atom stereocenters. The van der Waals surface area contributed by atoms with E-state index in [2.05, 4.69) is 29.3 Å². The molecule has 146 valence electrons. The SMILES string of the molecule is Cc1ccc2c(c1)C1(CCN(C3CC3)CC1)CN2C(=O)Nc1ccccc1F. The van der Waals surface area contributed by atoms with Crippen LogP contribution in [-0.2, 0) is 5.41 Å². The lowest BCUT2D eigenvalue weighted by atomic mass is 9.74. The summed E-state index contributed by atoms with van der Waals surface area (Å²) in [6.07, 6.45) is 4.81. The van der Waals surface area contributed by atoms with Crippen molar-refractivity contribution in [1.82, 2.24) is 4.90 Å². The zero-order chi connectivity index (χ0) is 19.3. The molecule has 2 fully saturated rings. The Hall–Kier alpha value is -2.40. The van der Waals surface area contributed by atoms with Gasteiger partial charge in [0, 0.05) is 23.7 Å². The molecule has 4 nitrogen and oxygen atoms in total. The lowest BCUT2D eigenvalue weighted by molar-refractivity contribution is 0.159. The highest BCUT2D eigenvalue weighted by molar-refractivity contribution is 6.03. The summed E-state index contributed by atoms with van der Waals surface area (Å²) in [5.74, 6) is -0.411. The highest BCUT2D eigenvalue weighted by atomic mass is 19.1. The number of para-hydroxylation sites is 1. The van der Waals surface area contributed by atoms with Crippen molar-refractivity contribution >= 4 is 17.4 Å². The lowest BCUT2D eigenvalue weighted by Gasteiger charge is -2.40. The van der Waals surface area contributed by atoms with Gasteiger partial charge in [0.15, 0.2) is 0 Å². The number of carbonyl (C=O) groups is 1. The van der Waals surface area contributed by atoms with E-state index in [-0.39, 0.29) is 17.1 Å². The van der Waals surface area contributed by atoms with E-state index in [4.69, 9.17) is 0 Å². The summed E-state index contributed by atoms with van der Waals surface area (Å²) >= 11 is 0. The Morgan fingerprint density at radius 2 is 1.89 bits per heavy atom. The number of benzene rings is 2. The topological polar surface area (TPSA) is 35.6 Å². The molecule has 1 saturated heterocycles. The van der Waals surface area contributed by atoms with Gasteiger partial charge in [-0.1, -0.05) is 29.8 Å². The number of amides is 2. The molecule has 0 radical (unpaired) electrons. The van der Waals surface area contributed by atoms with Gasteiger partial charge in [-0.3, -0.25) is 4.90 Å². The van der Waals surface area contributed by atoms with E-state index < -0.39 is 5.82 Å². The monoisotopic (exact) mass is 379 g/mol. The molecule has 0 bridgehead atoms. The summed E-state index contributed by atoms with van der Waals surface area (Å²) in [4.78, 5) is 17.5. The largest absolute Gasteiger partial charge is 0.326 e.